The lowest BCUT2D eigenvalue weighted by Gasteiger charge is -2.37. The minimum absolute atomic E-state index is 0.137. The van der Waals surface area contributed by atoms with E-state index in [1.165, 1.54) is 0 Å². The Hall–Kier alpha value is -2.13. The van der Waals surface area contributed by atoms with Crippen LogP contribution in [0, 0.1) is 0 Å². The maximum absolute atomic E-state index is 12.7. The van der Waals surface area contributed by atoms with E-state index in [0.29, 0.717) is 6.04 Å². The molecule has 1 atom stereocenters. The third kappa shape index (κ3) is 3.04. The Bertz CT molecular complexity index is 653. The predicted octanol–water partition coefficient (Wildman–Crippen LogP) is 3.13. The van der Waals surface area contributed by atoms with Crippen LogP contribution >= 0.6 is 0 Å². The van der Waals surface area contributed by atoms with E-state index in [9.17, 15) is 4.79 Å². The van der Waals surface area contributed by atoms with Crippen molar-refractivity contribution in [2.75, 3.05) is 26.7 Å². The van der Waals surface area contributed by atoms with E-state index in [0.717, 1.165) is 36.3 Å². The standard InChI is InChI=1S/C19H22N2O/c1-15-14-21(12-11-20(15)2)19(22)18-10-6-9-17(13-18)16-7-4-3-5-8-16/h3-10,13,15H,11-12,14H2,1-2H3. The Balaban J connectivity index is 1.82. The lowest BCUT2D eigenvalue weighted by atomic mass is 10.0. The summed E-state index contributed by atoms with van der Waals surface area (Å²) in [5, 5.41) is 0. The van der Waals surface area contributed by atoms with Crippen LogP contribution in [0.15, 0.2) is 54.6 Å². The molecule has 3 rings (SSSR count). The first kappa shape index (κ1) is 14.8. The molecular weight excluding hydrogens is 272 g/mol. The highest BCUT2D eigenvalue weighted by Gasteiger charge is 2.25. The summed E-state index contributed by atoms with van der Waals surface area (Å²) in [5.41, 5.74) is 3.01. The van der Waals surface area contributed by atoms with Gasteiger partial charge >= 0.3 is 0 Å². The molecule has 1 amide bonds. The van der Waals surface area contributed by atoms with Crippen LogP contribution in [0.4, 0.5) is 0 Å². The van der Waals surface area contributed by atoms with Gasteiger partial charge in [-0.1, -0.05) is 42.5 Å². The van der Waals surface area contributed by atoms with Gasteiger partial charge in [-0.2, -0.15) is 0 Å². The van der Waals surface area contributed by atoms with Gasteiger partial charge in [-0.3, -0.25) is 4.79 Å². The zero-order valence-corrected chi connectivity index (χ0v) is 13.2. The van der Waals surface area contributed by atoms with E-state index < -0.39 is 0 Å². The summed E-state index contributed by atoms with van der Waals surface area (Å²) in [5.74, 6) is 0.137. The van der Waals surface area contributed by atoms with Crippen molar-refractivity contribution in [2.45, 2.75) is 13.0 Å². The largest absolute Gasteiger partial charge is 0.336 e. The molecule has 0 spiro atoms. The molecule has 0 aliphatic carbocycles. The van der Waals surface area contributed by atoms with E-state index in [1.54, 1.807) is 0 Å². The molecule has 3 heteroatoms. The molecule has 22 heavy (non-hydrogen) atoms. The number of hydrogen-bond acceptors (Lipinski definition) is 2. The van der Waals surface area contributed by atoms with Crippen LogP contribution in [0.5, 0.6) is 0 Å². The first-order chi connectivity index (χ1) is 10.6. The minimum Gasteiger partial charge on any atom is -0.336 e. The number of benzene rings is 2. The summed E-state index contributed by atoms with van der Waals surface area (Å²) < 4.78 is 0. The predicted molar refractivity (Wildman–Crippen MR) is 89.9 cm³/mol. The highest BCUT2D eigenvalue weighted by Crippen LogP contribution is 2.21. The van der Waals surface area contributed by atoms with Gasteiger partial charge in [-0.05, 0) is 37.2 Å². The maximum Gasteiger partial charge on any atom is 0.253 e. The fourth-order valence-corrected chi connectivity index (χ4v) is 2.88. The quantitative estimate of drug-likeness (QED) is 0.849. The zero-order valence-electron chi connectivity index (χ0n) is 13.2. The Morgan fingerprint density at radius 2 is 1.73 bits per heavy atom. The van der Waals surface area contributed by atoms with Crippen molar-refractivity contribution in [2.24, 2.45) is 0 Å². The first-order valence-corrected chi connectivity index (χ1v) is 7.80. The van der Waals surface area contributed by atoms with E-state index in [-0.39, 0.29) is 5.91 Å². The monoisotopic (exact) mass is 294 g/mol. The molecule has 0 bridgehead atoms. The highest BCUT2D eigenvalue weighted by molar-refractivity contribution is 5.95. The van der Waals surface area contributed by atoms with Gasteiger partial charge in [0, 0.05) is 31.2 Å². The Morgan fingerprint density at radius 1 is 1.00 bits per heavy atom. The molecule has 2 aromatic carbocycles. The molecule has 1 heterocycles. The van der Waals surface area contributed by atoms with E-state index in [4.69, 9.17) is 0 Å². The van der Waals surface area contributed by atoms with Crippen LogP contribution < -0.4 is 0 Å². The third-order valence-electron chi connectivity index (χ3n) is 4.46. The number of amides is 1. The number of hydrogen-bond donors (Lipinski definition) is 0. The SMILES string of the molecule is CC1CN(C(=O)c2cccc(-c3ccccc3)c2)CCN1C. The van der Waals surface area contributed by atoms with Crippen molar-refractivity contribution in [3.05, 3.63) is 60.2 Å². The normalized spacial score (nSPS) is 19.2. The molecule has 0 radical (unpaired) electrons. The lowest BCUT2D eigenvalue weighted by molar-refractivity contribution is 0.0572. The summed E-state index contributed by atoms with van der Waals surface area (Å²) in [6.45, 7) is 4.70. The van der Waals surface area contributed by atoms with E-state index in [2.05, 4.69) is 37.1 Å². The van der Waals surface area contributed by atoms with Crippen LogP contribution in [0.25, 0.3) is 11.1 Å². The van der Waals surface area contributed by atoms with Crippen LogP contribution in [0.2, 0.25) is 0 Å². The summed E-state index contributed by atoms with van der Waals surface area (Å²) in [6, 6.07) is 18.5. The number of piperazine rings is 1. The summed E-state index contributed by atoms with van der Waals surface area (Å²) in [4.78, 5) is 17.0. The van der Waals surface area contributed by atoms with Crippen molar-refractivity contribution >= 4 is 5.91 Å². The smallest absolute Gasteiger partial charge is 0.253 e. The Morgan fingerprint density at radius 3 is 2.45 bits per heavy atom. The summed E-state index contributed by atoms with van der Waals surface area (Å²) >= 11 is 0. The minimum atomic E-state index is 0.137. The molecule has 0 saturated carbocycles. The second-order valence-electron chi connectivity index (χ2n) is 6.03. The molecule has 1 fully saturated rings. The molecule has 0 N–H and O–H groups in total. The van der Waals surface area contributed by atoms with E-state index >= 15 is 0 Å². The van der Waals surface area contributed by atoms with Gasteiger partial charge < -0.3 is 9.80 Å². The lowest BCUT2D eigenvalue weighted by Crippen LogP contribution is -2.52. The van der Waals surface area contributed by atoms with Gasteiger partial charge in [-0.25, -0.2) is 0 Å². The van der Waals surface area contributed by atoms with Gasteiger partial charge in [0.15, 0.2) is 0 Å². The van der Waals surface area contributed by atoms with Gasteiger partial charge in [0.05, 0.1) is 0 Å². The third-order valence-corrected chi connectivity index (χ3v) is 4.46. The maximum atomic E-state index is 12.7. The second kappa shape index (κ2) is 6.32. The first-order valence-electron chi connectivity index (χ1n) is 7.80. The van der Waals surface area contributed by atoms with Gasteiger partial charge in [0.2, 0.25) is 0 Å². The molecular formula is C19H22N2O. The van der Waals surface area contributed by atoms with E-state index in [1.807, 2.05) is 41.3 Å². The van der Waals surface area contributed by atoms with Gasteiger partial charge in [0.25, 0.3) is 5.91 Å². The average molecular weight is 294 g/mol. The van der Waals surface area contributed by atoms with Crippen LogP contribution in [-0.4, -0.2) is 48.4 Å². The zero-order chi connectivity index (χ0) is 15.5. The highest BCUT2D eigenvalue weighted by atomic mass is 16.2. The van der Waals surface area contributed by atoms with Crippen molar-refractivity contribution in [1.82, 2.24) is 9.80 Å². The second-order valence-corrected chi connectivity index (χ2v) is 6.03. The van der Waals surface area contributed by atoms with Crippen molar-refractivity contribution < 1.29 is 4.79 Å². The van der Waals surface area contributed by atoms with Crippen LogP contribution in [0.1, 0.15) is 17.3 Å². The topological polar surface area (TPSA) is 23.6 Å². The van der Waals surface area contributed by atoms with Crippen LogP contribution in [0.3, 0.4) is 0 Å². The number of nitrogens with zero attached hydrogens (tertiary/aromatic N) is 2. The van der Waals surface area contributed by atoms with Crippen molar-refractivity contribution in [3.8, 4) is 11.1 Å². The molecule has 1 saturated heterocycles. The molecule has 114 valence electrons. The molecule has 0 aromatic heterocycles. The molecule has 1 aliphatic heterocycles. The number of carbonyl (C=O) groups is 1. The Kier molecular flexibility index (Phi) is 4.25. The summed E-state index contributed by atoms with van der Waals surface area (Å²) in [7, 11) is 2.11. The number of likely N-dealkylation sites (N-methyl/N-ethyl adjacent to an activating group) is 1. The fourth-order valence-electron chi connectivity index (χ4n) is 2.88. The number of carbonyl (C=O) groups excluding carboxylic acids is 1. The molecule has 1 aliphatic rings. The average Bonchev–Trinajstić information content (AvgIpc) is 2.57. The Labute approximate surface area is 132 Å². The molecule has 3 nitrogen and oxygen atoms in total. The van der Waals surface area contributed by atoms with Crippen LogP contribution in [-0.2, 0) is 0 Å². The van der Waals surface area contributed by atoms with Gasteiger partial charge in [-0.15, -0.1) is 0 Å². The van der Waals surface area contributed by atoms with Crippen molar-refractivity contribution in [1.29, 1.82) is 0 Å². The number of rotatable bonds is 2. The van der Waals surface area contributed by atoms with Gasteiger partial charge in [0.1, 0.15) is 0 Å². The molecule has 2 aromatic rings. The molecule has 1 unspecified atom stereocenters. The summed E-state index contributed by atoms with van der Waals surface area (Å²) in [6.07, 6.45) is 0. The van der Waals surface area contributed by atoms with Crippen molar-refractivity contribution in [3.63, 3.8) is 0 Å². The fraction of sp³-hybridized carbons (Fsp3) is 0.316.